The van der Waals surface area contributed by atoms with Gasteiger partial charge in [-0.3, -0.25) is 4.79 Å². The Kier molecular flexibility index (Phi) is 5.19. The van der Waals surface area contributed by atoms with E-state index in [1.54, 1.807) is 18.2 Å². The van der Waals surface area contributed by atoms with Crippen LogP contribution in [0.5, 0.6) is 0 Å². The summed E-state index contributed by atoms with van der Waals surface area (Å²) in [4.78, 5) is 13.0. The summed E-state index contributed by atoms with van der Waals surface area (Å²) in [6, 6.07) is 8.87. The van der Waals surface area contributed by atoms with Crippen LogP contribution >= 0.6 is 22.9 Å². The van der Waals surface area contributed by atoms with Gasteiger partial charge >= 0.3 is 0 Å². The molecule has 0 aliphatic heterocycles. The summed E-state index contributed by atoms with van der Waals surface area (Å²) in [7, 11) is 0. The molecule has 3 nitrogen and oxygen atoms in total. The zero-order valence-electron chi connectivity index (χ0n) is 10.5. The molecule has 1 amide bonds. The van der Waals surface area contributed by atoms with E-state index in [4.69, 9.17) is 16.7 Å². The lowest BCUT2D eigenvalue weighted by Gasteiger charge is -2.07. The third-order valence-corrected chi connectivity index (χ3v) is 3.58. The Labute approximate surface area is 126 Å². The van der Waals surface area contributed by atoms with Crippen LogP contribution < -0.4 is 5.32 Å². The van der Waals surface area contributed by atoms with Crippen molar-refractivity contribution in [3.8, 4) is 11.8 Å². The molecule has 2 N–H and O–H groups in total. The summed E-state index contributed by atoms with van der Waals surface area (Å²) in [5, 5.41) is 14.0. The molecule has 2 aromatic rings. The summed E-state index contributed by atoms with van der Waals surface area (Å²) in [6.07, 6.45) is 0.327. The second-order valence-electron chi connectivity index (χ2n) is 3.95. The van der Waals surface area contributed by atoms with Crippen LogP contribution in [0.25, 0.3) is 0 Å². The van der Waals surface area contributed by atoms with E-state index < -0.39 is 0 Å². The molecule has 0 aliphatic carbocycles. The minimum atomic E-state index is -0.241. The van der Waals surface area contributed by atoms with E-state index in [0.29, 0.717) is 22.7 Å². The molecule has 0 aliphatic rings. The Hall–Kier alpha value is -1.80. The predicted molar refractivity (Wildman–Crippen MR) is 82.1 cm³/mol. The van der Waals surface area contributed by atoms with Crippen LogP contribution in [0.1, 0.15) is 10.4 Å². The normalized spacial score (nSPS) is 9.70. The van der Waals surface area contributed by atoms with E-state index in [-0.39, 0.29) is 12.5 Å². The molecule has 0 atom stereocenters. The summed E-state index contributed by atoms with van der Waals surface area (Å²) in [6.45, 7) is -0.241. The minimum absolute atomic E-state index is 0.109. The van der Waals surface area contributed by atoms with Crippen molar-refractivity contribution < 1.29 is 9.90 Å². The Morgan fingerprint density at radius 3 is 2.95 bits per heavy atom. The van der Waals surface area contributed by atoms with Crippen molar-refractivity contribution in [3.05, 3.63) is 51.2 Å². The largest absolute Gasteiger partial charge is 0.384 e. The summed E-state index contributed by atoms with van der Waals surface area (Å²) >= 11 is 7.45. The van der Waals surface area contributed by atoms with Crippen LogP contribution in [0.3, 0.4) is 0 Å². The fourth-order valence-electron chi connectivity index (χ4n) is 1.63. The van der Waals surface area contributed by atoms with Gasteiger partial charge < -0.3 is 10.4 Å². The molecular formula is C15H12ClNO2S. The number of aliphatic hydroxyl groups is 1. The third-order valence-electron chi connectivity index (χ3n) is 2.47. The highest BCUT2D eigenvalue weighted by Crippen LogP contribution is 2.20. The van der Waals surface area contributed by atoms with E-state index in [1.165, 1.54) is 11.3 Å². The van der Waals surface area contributed by atoms with Crippen LogP contribution in [-0.2, 0) is 11.2 Å². The molecule has 1 aromatic heterocycles. The Morgan fingerprint density at radius 2 is 2.25 bits per heavy atom. The van der Waals surface area contributed by atoms with Crippen LogP contribution in [-0.4, -0.2) is 17.6 Å². The lowest BCUT2D eigenvalue weighted by molar-refractivity contribution is -0.115. The summed E-state index contributed by atoms with van der Waals surface area (Å²) in [5.74, 6) is 5.21. The SMILES string of the molecule is O=C(Cc1cccs1)Nc1ccc(Cl)cc1C#CCO. The smallest absolute Gasteiger partial charge is 0.229 e. The Bertz CT molecular complexity index is 656. The van der Waals surface area contributed by atoms with Crippen LogP contribution in [0.15, 0.2) is 35.7 Å². The molecule has 0 bridgehead atoms. The number of carbonyl (C=O) groups excluding carboxylic acids is 1. The molecule has 0 radical (unpaired) electrons. The number of halogens is 1. The molecule has 0 unspecified atom stereocenters. The van der Waals surface area contributed by atoms with Gasteiger partial charge in [0.2, 0.25) is 5.91 Å². The number of anilines is 1. The van der Waals surface area contributed by atoms with Crippen molar-refractivity contribution in [1.29, 1.82) is 0 Å². The first kappa shape index (κ1) is 14.6. The molecule has 1 heterocycles. The number of rotatable bonds is 3. The number of thiophene rings is 1. The van der Waals surface area contributed by atoms with Crippen molar-refractivity contribution in [1.82, 2.24) is 0 Å². The average Bonchev–Trinajstić information content (AvgIpc) is 2.91. The van der Waals surface area contributed by atoms with Crippen molar-refractivity contribution in [3.63, 3.8) is 0 Å². The molecule has 2 rings (SSSR count). The first-order valence-electron chi connectivity index (χ1n) is 5.90. The van der Waals surface area contributed by atoms with E-state index in [2.05, 4.69) is 17.2 Å². The zero-order chi connectivity index (χ0) is 14.4. The average molecular weight is 306 g/mol. The molecular weight excluding hydrogens is 294 g/mol. The van der Waals surface area contributed by atoms with Crippen LogP contribution in [0.2, 0.25) is 5.02 Å². The molecule has 0 saturated heterocycles. The third kappa shape index (κ3) is 4.10. The maximum absolute atomic E-state index is 12.0. The highest BCUT2D eigenvalue weighted by Gasteiger charge is 2.08. The molecule has 0 saturated carbocycles. The van der Waals surface area contributed by atoms with Gasteiger partial charge in [0, 0.05) is 15.5 Å². The highest BCUT2D eigenvalue weighted by molar-refractivity contribution is 7.10. The topological polar surface area (TPSA) is 49.3 Å². The summed E-state index contributed by atoms with van der Waals surface area (Å²) in [5.41, 5.74) is 1.18. The fraction of sp³-hybridized carbons (Fsp3) is 0.133. The fourth-order valence-corrected chi connectivity index (χ4v) is 2.51. The predicted octanol–water partition coefficient (Wildman–Crippen LogP) is 2.93. The standard InChI is InChI=1S/C15H12ClNO2S/c16-12-5-6-14(11(9-12)3-1-7-18)17-15(19)10-13-4-2-8-20-13/h2,4-6,8-9,18H,7,10H2,(H,17,19). The molecule has 102 valence electrons. The number of nitrogens with one attached hydrogen (secondary N) is 1. The first-order chi connectivity index (χ1) is 9.69. The lowest BCUT2D eigenvalue weighted by Crippen LogP contribution is -2.14. The Balaban J connectivity index is 2.14. The molecule has 0 spiro atoms. The minimum Gasteiger partial charge on any atom is -0.384 e. The van der Waals surface area contributed by atoms with Gasteiger partial charge in [-0.15, -0.1) is 11.3 Å². The van der Waals surface area contributed by atoms with E-state index in [9.17, 15) is 4.79 Å². The lowest BCUT2D eigenvalue weighted by atomic mass is 10.1. The molecule has 1 aromatic carbocycles. The number of amides is 1. The monoisotopic (exact) mass is 305 g/mol. The van der Waals surface area contributed by atoms with Gasteiger partial charge in [-0.25, -0.2) is 0 Å². The van der Waals surface area contributed by atoms with Crippen molar-refractivity contribution in [2.75, 3.05) is 11.9 Å². The van der Waals surface area contributed by atoms with Gasteiger partial charge in [0.05, 0.1) is 12.1 Å². The quantitative estimate of drug-likeness (QED) is 0.857. The zero-order valence-corrected chi connectivity index (χ0v) is 12.1. The van der Waals surface area contributed by atoms with Crippen LogP contribution in [0, 0.1) is 11.8 Å². The highest BCUT2D eigenvalue weighted by atomic mass is 35.5. The van der Waals surface area contributed by atoms with Crippen LogP contribution in [0.4, 0.5) is 5.69 Å². The molecule has 20 heavy (non-hydrogen) atoms. The van der Waals surface area contributed by atoms with Crippen molar-refractivity contribution in [2.45, 2.75) is 6.42 Å². The number of carbonyl (C=O) groups is 1. The molecule has 5 heteroatoms. The maximum Gasteiger partial charge on any atom is 0.229 e. The van der Waals surface area contributed by atoms with Gasteiger partial charge in [-0.1, -0.05) is 29.5 Å². The van der Waals surface area contributed by atoms with E-state index in [1.807, 2.05) is 17.5 Å². The first-order valence-corrected chi connectivity index (χ1v) is 7.16. The second-order valence-corrected chi connectivity index (χ2v) is 5.42. The Morgan fingerprint density at radius 1 is 1.40 bits per heavy atom. The maximum atomic E-state index is 12.0. The van der Waals surface area contributed by atoms with Gasteiger partial charge in [0.15, 0.2) is 0 Å². The molecule has 0 fully saturated rings. The van der Waals surface area contributed by atoms with E-state index >= 15 is 0 Å². The number of benzene rings is 1. The summed E-state index contributed by atoms with van der Waals surface area (Å²) < 4.78 is 0. The van der Waals surface area contributed by atoms with Gasteiger partial charge in [0.1, 0.15) is 6.61 Å². The van der Waals surface area contributed by atoms with Crippen molar-refractivity contribution >= 4 is 34.5 Å². The second kappa shape index (κ2) is 7.11. The van der Waals surface area contributed by atoms with E-state index in [0.717, 1.165) is 4.88 Å². The van der Waals surface area contributed by atoms with Gasteiger partial charge in [0.25, 0.3) is 0 Å². The van der Waals surface area contributed by atoms with Gasteiger partial charge in [-0.2, -0.15) is 0 Å². The number of hydrogen-bond donors (Lipinski definition) is 2. The van der Waals surface area contributed by atoms with Crippen molar-refractivity contribution in [2.24, 2.45) is 0 Å². The number of hydrogen-bond acceptors (Lipinski definition) is 3. The number of aliphatic hydroxyl groups excluding tert-OH is 1. The van der Waals surface area contributed by atoms with Gasteiger partial charge in [-0.05, 0) is 29.6 Å².